The molecule has 0 amide bonds. The molecule has 1 unspecified atom stereocenters. The Hall–Kier alpha value is -2.28. The molecule has 2 aliphatic rings. The van der Waals surface area contributed by atoms with Crippen LogP contribution in [0.15, 0.2) is 40.7 Å². The minimum Gasteiger partial charge on any atom is -0.493 e. The van der Waals surface area contributed by atoms with Gasteiger partial charge in [-0.15, -0.1) is 5.10 Å². The number of thioether (sulfide) groups is 1. The Morgan fingerprint density at radius 3 is 2.75 bits per heavy atom. The lowest BCUT2D eigenvalue weighted by Gasteiger charge is -2.38. The second-order valence-electron chi connectivity index (χ2n) is 9.47. The molecule has 7 heteroatoms. The number of Topliss-reactive ketones (excluding diaryl/α,β-unsaturated/α-hetero) is 1. The monoisotopic (exact) mass is 454 g/mol. The number of allylic oxidation sites excluding steroid dienone is 2. The number of para-hydroxylation sites is 1. The summed E-state index contributed by atoms with van der Waals surface area (Å²) in [5, 5.41) is 9.06. The van der Waals surface area contributed by atoms with Gasteiger partial charge in [0, 0.05) is 29.0 Å². The summed E-state index contributed by atoms with van der Waals surface area (Å²) in [4.78, 5) is 18.2. The van der Waals surface area contributed by atoms with E-state index in [1.54, 1.807) is 11.8 Å². The number of ether oxygens (including phenoxy) is 1. The van der Waals surface area contributed by atoms with Crippen molar-refractivity contribution in [3.63, 3.8) is 0 Å². The Morgan fingerprint density at radius 2 is 1.97 bits per heavy atom. The lowest BCUT2D eigenvalue weighted by Crippen LogP contribution is -2.36. The number of carbonyl (C=O) groups is 1. The molecule has 1 aliphatic carbocycles. The molecule has 1 aromatic carbocycles. The molecule has 6 nitrogen and oxygen atoms in total. The normalized spacial score (nSPS) is 19.4. The van der Waals surface area contributed by atoms with Crippen LogP contribution in [0.2, 0.25) is 0 Å². The molecule has 1 N–H and O–H groups in total. The molecule has 4 rings (SSSR count). The standard InChI is InChI=1S/C25H34N4O2S/c1-5-7-13-31-20-12-10-9-11-17(20)22-21-18(15-25(3,4)16-19(21)30)26-23-27-24(28-29(22)23)32-14-8-6-2/h9-12,22H,5-8,13-16H2,1-4H3,(H,26,27,28). The van der Waals surface area contributed by atoms with Crippen molar-refractivity contribution in [3.8, 4) is 5.75 Å². The van der Waals surface area contributed by atoms with Gasteiger partial charge in [-0.2, -0.15) is 4.98 Å². The zero-order valence-corrected chi connectivity index (χ0v) is 20.4. The SMILES string of the molecule is CCCCOc1ccccc1C1C2=C(CC(C)(C)CC2=O)Nc2nc(SCCCC)nn21. The highest BCUT2D eigenvalue weighted by molar-refractivity contribution is 7.99. The predicted octanol–water partition coefficient (Wildman–Crippen LogP) is 6.01. The van der Waals surface area contributed by atoms with Crippen molar-refractivity contribution in [1.29, 1.82) is 0 Å². The number of nitrogens with zero attached hydrogens (tertiary/aromatic N) is 3. The summed E-state index contributed by atoms with van der Waals surface area (Å²) in [6.07, 6.45) is 5.68. The highest BCUT2D eigenvalue weighted by Crippen LogP contribution is 2.47. The molecule has 172 valence electrons. The van der Waals surface area contributed by atoms with E-state index in [1.165, 1.54) is 0 Å². The lowest BCUT2D eigenvalue weighted by molar-refractivity contribution is -0.118. The Bertz CT molecular complexity index is 1010. The van der Waals surface area contributed by atoms with Gasteiger partial charge in [0.2, 0.25) is 11.1 Å². The fourth-order valence-corrected chi connectivity index (χ4v) is 5.32. The van der Waals surface area contributed by atoms with Gasteiger partial charge in [-0.05, 0) is 30.7 Å². The van der Waals surface area contributed by atoms with Gasteiger partial charge in [-0.3, -0.25) is 4.79 Å². The summed E-state index contributed by atoms with van der Waals surface area (Å²) in [6.45, 7) is 9.30. The van der Waals surface area contributed by atoms with Gasteiger partial charge in [0.1, 0.15) is 11.8 Å². The van der Waals surface area contributed by atoms with Crippen molar-refractivity contribution in [1.82, 2.24) is 14.8 Å². The van der Waals surface area contributed by atoms with E-state index in [2.05, 4.69) is 39.1 Å². The number of benzene rings is 1. The number of aromatic nitrogens is 3. The summed E-state index contributed by atoms with van der Waals surface area (Å²) in [6, 6.07) is 7.73. The fraction of sp³-hybridized carbons (Fsp3) is 0.560. The molecule has 2 heterocycles. The molecule has 32 heavy (non-hydrogen) atoms. The minimum atomic E-state index is -0.323. The zero-order chi connectivity index (χ0) is 22.7. The number of rotatable bonds is 9. The van der Waals surface area contributed by atoms with Crippen LogP contribution in [0.25, 0.3) is 0 Å². The molecular formula is C25H34N4O2S. The van der Waals surface area contributed by atoms with Crippen LogP contribution in [0, 0.1) is 5.41 Å². The molecule has 1 aliphatic heterocycles. The molecule has 0 radical (unpaired) electrons. The number of carbonyl (C=O) groups excluding carboxylic acids is 1. The summed E-state index contributed by atoms with van der Waals surface area (Å²) in [5.41, 5.74) is 2.68. The van der Waals surface area contributed by atoms with Crippen molar-refractivity contribution < 1.29 is 9.53 Å². The van der Waals surface area contributed by atoms with E-state index in [4.69, 9.17) is 14.8 Å². The molecule has 0 fully saturated rings. The second-order valence-corrected chi connectivity index (χ2v) is 10.5. The molecule has 1 aromatic heterocycles. The van der Waals surface area contributed by atoms with E-state index in [9.17, 15) is 4.79 Å². The molecule has 0 saturated heterocycles. The van der Waals surface area contributed by atoms with Gasteiger partial charge in [-0.1, -0.05) is 70.5 Å². The minimum absolute atomic E-state index is 0.0779. The number of unbranched alkanes of at least 4 members (excludes halogenated alkanes) is 2. The second kappa shape index (κ2) is 9.69. The van der Waals surface area contributed by atoms with Gasteiger partial charge in [0.05, 0.1) is 6.61 Å². The van der Waals surface area contributed by atoms with Crippen molar-refractivity contribution in [3.05, 3.63) is 41.1 Å². The van der Waals surface area contributed by atoms with Crippen LogP contribution in [0.5, 0.6) is 5.75 Å². The van der Waals surface area contributed by atoms with E-state index < -0.39 is 0 Å². The zero-order valence-electron chi connectivity index (χ0n) is 19.6. The number of nitrogens with one attached hydrogen (secondary N) is 1. The summed E-state index contributed by atoms with van der Waals surface area (Å²) < 4.78 is 8.06. The fourth-order valence-electron chi connectivity index (χ4n) is 4.41. The summed E-state index contributed by atoms with van der Waals surface area (Å²) >= 11 is 1.67. The first-order chi connectivity index (χ1) is 15.4. The van der Waals surface area contributed by atoms with Crippen LogP contribution in [0.1, 0.15) is 77.8 Å². The van der Waals surface area contributed by atoms with Gasteiger partial charge < -0.3 is 10.1 Å². The largest absolute Gasteiger partial charge is 0.493 e. The van der Waals surface area contributed by atoms with Crippen LogP contribution < -0.4 is 10.1 Å². The maximum Gasteiger partial charge on any atom is 0.227 e. The molecular weight excluding hydrogens is 420 g/mol. The van der Waals surface area contributed by atoms with Crippen molar-refractivity contribution in [2.45, 2.75) is 77.4 Å². The smallest absolute Gasteiger partial charge is 0.227 e. The molecule has 0 saturated carbocycles. The van der Waals surface area contributed by atoms with Crippen molar-refractivity contribution in [2.75, 3.05) is 17.7 Å². The average molecular weight is 455 g/mol. The van der Waals surface area contributed by atoms with Gasteiger partial charge >= 0.3 is 0 Å². The van der Waals surface area contributed by atoms with Crippen LogP contribution >= 0.6 is 11.8 Å². The Kier molecular flexibility index (Phi) is 6.93. The van der Waals surface area contributed by atoms with Crippen LogP contribution in [-0.4, -0.2) is 32.9 Å². The van der Waals surface area contributed by atoms with Crippen molar-refractivity contribution >= 4 is 23.5 Å². The number of anilines is 1. The maximum atomic E-state index is 13.4. The average Bonchev–Trinajstić information content (AvgIpc) is 3.14. The Morgan fingerprint density at radius 1 is 1.19 bits per heavy atom. The first-order valence-corrected chi connectivity index (χ1v) is 12.8. The number of ketones is 1. The molecule has 0 spiro atoms. The number of hydrogen-bond acceptors (Lipinski definition) is 6. The highest BCUT2D eigenvalue weighted by Gasteiger charge is 2.42. The van der Waals surface area contributed by atoms with Crippen LogP contribution in [0.3, 0.4) is 0 Å². The number of fused-ring (bicyclic) bond motifs is 1. The number of hydrogen-bond donors (Lipinski definition) is 1. The van der Waals surface area contributed by atoms with E-state index in [-0.39, 0.29) is 17.2 Å². The van der Waals surface area contributed by atoms with Crippen molar-refractivity contribution in [2.24, 2.45) is 5.41 Å². The van der Waals surface area contributed by atoms with E-state index in [0.29, 0.717) is 19.0 Å². The Labute approximate surface area is 195 Å². The first kappa shape index (κ1) is 22.9. The van der Waals surface area contributed by atoms with Crippen LogP contribution in [0.4, 0.5) is 5.95 Å². The first-order valence-electron chi connectivity index (χ1n) is 11.8. The third kappa shape index (κ3) is 4.72. The topological polar surface area (TPSA) is 69.0 Å². The molecule has 2 aromatic rings. The Balaban J connectivity index is 1.78. The van der Waals surface area contributed by atoms with E-state index in [0.717, 1.165) is 65.6 Å². The molecule has 0 bridgehead atoms. The maximum absolute atomic E-state index is 13.4. The third-order valence-electron chi connectivity index (χ3n) is 6.01. The van der Waals surface area contributed by atoms with E-state index in [1.807, 2.05) is 22.9 Å². The third-order valence-corrected chi connectivity index (χ3v) is 6.93. The van der Waals surface area contributed by atoms with E-state index >= 15 is 0 Å². The lowest BCUT2D eigenvalue weighted by atomic mass is 9.73. The van der Waals surface area contributed by atoms with Crippen LogP contribution in [-0.2, 0) is 4.79 Å². The van der Waals surface area contributed by atoms with Gasteiger partial charge in [0.25, 0.3) is 0 Å². The highest BCUT2D eigenvalue weighted by atomic mass is 32.2. The summed E-state index contributed by atoms with van der Waals surface area (Å²) in [7, 11) is 0. The summed E-state index contributed by atoms with van der Waals surface area (Å²) in [5.74, 6) is 2.69. The predicted molar refractivity (Wildman–Crippen MR) is 129 cm³/mol. The van der Waals surface area contributed by atoms with Gasteiger partial charge in [0.15, 0.2) is 5.78 Å². The van der Waals surface area contributed by atoms with Gasteiger partial charge in [-0.25, -0.2) is 4.68 Å². The quantitative estimate of drug-likeness (QED) is 0.370. The molecule has 1 atom stereocenters.